The molecule has 1 aromatic heterocycles. The molecule has 0 aliphatic rings. The Bertz CT molecular complexity index is 339. The maximum absolute atomic E-state index is 10.9. The largest absolute Gasteiger partial charge is 0.293 e. The van der Waals surface area contributed by atoms with Crippen LogP contribution in [0.4, 0.5) is 0 Å². The number of carbonyl (C=O) groups is 1. The van der Waals surface area contributed by atoms with E-state index >= 15 is 0 Å². The van der Waals surface area contributed by atoms with Gasteiger partial charge in [-0.05, 0) is 17.7 Å². The molecule has 0 radical (unpaired) electrons. The molecule has 0 bridgehead atoms. The van der Waals surface area contributed by atoms with Gasteiger partial charge in [-0.15, -0.1) is 0 Å². The third-order valence-corrected chi connectivity index (χ3v) is 1.47. The van der Waals surface area contributed by atoms with Crippen LogP contribution in [0.5, 0.6) is 0 Å². The monoisotopic (exact) mass is 160 g/mol. The van der Waals surface area contributed by atoms with Crippen LogP contribution in [0.3, 0.4) is 0 Å². The number of nitriles is 1. The summed E-state index contributed by atoms with van der Waals surface area (Å²) in [5.41, 5.74) is 1.25. The van der Waals surface area contributed by atoms with E-state index in [2.05, 4.69) is 4.98 Å². The summed E-state index contributed by atoms with van der Waals surface area (Å²) >= 11 is 0. The quantitative estimate of drug-likeness (QED) is 0.613. The highest BCUT2D eigenvalue weighted by Gasteiger charge is 2.00. The fraction of sp³-hybridized carbons (Fsp3) is 0.222. The summed E-state index contributed by atoms with van der Waals surface area (Å²) in [6, 6.07) is 5.39. The molecular weight excluding hydrogens is 152 g/mol. The van der Waals surface area contributed by atoms with Gasteiger partial charge >= 0.3 is 0 Å². The van der Waals surface area contributed by atoms with E-state index in [1.807, 2.05) is 6.07 Å². The molecule has 0 atom stereocenters. The molecule has 0 amide bonds. The average molecular weight is 160 g/mol. The topological polar surface area (TPSA) is 53.8 Å². The lowest BCUT2D eigenvalue weighted by molar-refractivity contribution is 0.101. The number of carbonyl (C=O) groups excluding carboxylic acids is 1. The van der Waals surface area contributed by atoms with Crippen LogP contribution in [0, 0.1) is 11.3 Å². The van der Waals surface area contributed by atoms with Crippen LogP contribution in [0.25, 0.3) is 0 Å². The highest BCUT2D eigenvalue weighted by Crippen LogP contribution is 2.02. The summed E-state index contributed by atoms with van der Waals surface area (Å²) in [6.07, 6.45) is 1.87. The zero-order valence-corrected chi connectivity index (χ0v) is 6.74. The Balaban J connectivity index is 2.97. The van der Waals surface area contributed by atoms with Crippen LogP contribution in [0.15, 0.2) is 18.3 Å². The summed E-state index contributed by atoms with van der Waals surface area (Å²) in [7, 11) is 0. The summed E-state index contributed by atoms with van der Waals surface area (Å²) in [4.78, 5) is 14.7. The molecule has 0 saturated heterocycles. The maximum Gasteiger partial charge on any atom is 0.178 e. The number of Topliss-reactive ketones (excluding diaryl/α,β-unsaturated/α-hetero) is 1. The van der Waals surface area contributed by atoms with E-state index in [4.69, 9.17) is 5.26 Å². The maximum atomic E-state index is 10.9. The van der Waals surface area contributed by atoms with Gasteiger partial charge in [0, 0.05) is 13.1 Å². The second kappa shape index (κ2) is 3.63. The molecule has 12 heavy (non-hydrogen) atoms. The highest BCUT2D eigenvalue weighted by molar-refractivity contribution is 5.92. The van der Waals surface area contributed by atoms with Crippen molar-refractivity contribution in [3.8, 4) is 6.07 Å². The molecule has 0 unspecified atom stereocenters. The molecule has 0 aliphatic carbocycles. The number of ketones is 1. The Morgan fingerprint density at radius 3 is 3.08 bits per heavy atom. The van der Waals surface area contributed by atoms with E-state index in [1.165, 1.54) is 6.92 Å². The lowest BCUT2D eigenvalue weighted by Crippen LogP contribution is -1.97. The lowest BCUT2D eigenvalue weighted by atomic mass is 10.1. The number of nitrogens with zero attached hydrogens (tertiary/aromatic N) is 2. The molecule has 1 aromatic rings. The smallest absolute Gasteiger partial charge is 0.178 e. The normalized spacial score (nSPS) is 9.00. The van der Waals surface area contributed by atoms with Crippen molar-refractivity contribution in [3.63, 3.8) is 0 Å². The lowest BCUT2D eigenvalue weighted by Gasteiger charge is -1.96. The minimum absolute atomic E-state index is 0.0743. The predicted octanol–water partition coefficient (Wildman–Crippen LogP) is 1.35. The number of hydrogen-bond acceptors (Lipinski definition) is 3. The zero-order valence-electron chi connectivity index (χ0n) is 6.74. The Morgan fingerprint density at radius 2 is 2.50 bits per heavy atom. The van der Waals surface area contributed by atoms with Crippen molar-refractivity contribution < 1.29 is 4.79 Å². The average Bonchev–Trinajstić information content (AvgIpc) is 2.05. The van der Waals surface area contributed by atoms with Crippen molar-refractivity contribution in [3.05, 3.63) is 29.6 Å². The molecule has 3 heteroatoms. The Hall–Kier alpha value is -1.69. The van der Waals surface area contributed by atoms with Crippen LogP contribution in [0.2, 0.25) is 0 Å². The third-order valence-electron chi connectivity index (χ3n) is 1.47. The zero-order chi connectivity index (χ0) is 8.97. The fourth-order valence-electron chi connectivity index (χ4n) is 0.868. The summed E-state index contributed by atoms with van der Waals surface area (Å²) in [5.74, 6) is -0.0743. The van der Waals surface area contributed by atoms with Gasteiger partial charge in [-0.2, -0.15) is 5.26 Å². The second-order valence-electron chi connectivity index (χ2n) is 2.44. The SMILES string of the molecule is CC(=O)c1cc(CC#N)ccn1. The molecular formula is C9H8N2O. The molecule has 0 fully saturated rings. The summed E-state index contributed by atoms with van der Waals surface area (Å²) in [6.45, 7) is 1.46. The number of hydrogen-bond donors (Lipinski definition) is 0. The van der Waals surface area contributed by atoms with Crippen LogP contribution in [0.1, 0.15) is 23.0 Å². The van der Waals surface area contributed by atoms with E-state index < -0.39 is 0 Å². The van der Waals surface area contributed by atoms with Gasteiger partial charge in [0.2, 0.25) is 0 Å². The van der Waals surface area contributed by atoms with Gasteiger partial charge in [-0.1, -0.05) is 0 Å². The van der Waals surface area contributed by atoms with Crippen molar-refractivity contribution in [2.45, 2.75) is 13.3 Å². The molecule has 3 nitrogen and oxygen atoms in total. The van der Waals surface area contributed by atoms with Crippen molar-refractivity contribution in [1.29, 1.82) is 5.26 Å². The van der Waals surface area contributed by atoms with Gasteiger partial charge in [0.1, 0.15) is 5.69 Å². The molecule has 1 rings (SSSR count). The summed E-state index contributed by atoms with van der Waals surface area (Å²) in [5, 5.41) is 8.39. The highest BCUT2D eigenvalue weighted by atomic mass is 16.1. The first kappa shape index (κ1) is 8.41. The molecule has 0 aliphatic heterocycles. The Morgan fingerprint density at radius 1 is 1.75 bits per heavy atom. The van der Waals surface area contributed by atoms with Gasteiger partial charge < -0.3 is 0 Å². The van der Waals surface area contributed by atoms with Gasteiger partial charge in [0.25, 0.3) is 0 Å². The van der Waals surface area contributed by atoms with E-state index in [1.54, 1.807) is 18.3 Å². The van der Waals surface area contributed by atoms with E-state index in [9.17, 15) is 4.79 Å². The summed E-state index contributed by atoms with van der Waals surface area (Å²) < 4.78 is 0. The minimum Gasteiger partial charge on any atom is -0.293 e. The number of aromatic nitrogens is 1. The van der Waals surface area contributed by atoms with Crippen LogP contribution >= 0.6 is 0 Å². The van der Waals surface area contributed by atoms with Gasteiger partial charge in [0.15, 0.2) is 5.78 Å². The molecule has 0 N–H and O–H groups in total. The molecule has 0 spiro atoms. The van der Waals surface area contributed by atoms with Crippen LogP contribution in [-0.4, -0.2) is 10.8 Å². The van der Waals surface area contributed by atoms with Crippen molar-refractivity contribution in [2.24, 2.45) is 0 Å². The first-order chi connectivity index (χ1) is 5.74. The Kier molecular flexibility index (Phi) is 2.54. The number of pyridine rings is 1. The number of rotatable bonds is 2. The van der Waals surface area contributed by atoms with E-state index in [0.717, 1.165) is 5.56 Å². The molecule has 60 valence electrons. The van der Waals surface area contributed by atoms with Crippen LogP contribution in [-0.2, 0) is 6.42 Å². The van der Waals surface area contributed by atoms with Gasteiger partial charge in [-0.3, -0.25) is 9.78 Å². The molecule has 0 aromatic carbocycles. The van der Waals surface area contributed by atoms with Gasteiger partial charge in [-0.25, -0.2) is 0 Å². The first-order valence-corrected chi connectivity index (χ1v) is 3.57. The Labute approximate surface area is 70.7 Å². The first-order valence-electron chi connectivity index (χ1n) is 3.57. The standard InChI is InChI=1S/C9H8N2O/c1-7(12)9-6-8(2-4-10)3-5-11-9/h3,5-6H,2H2,1H3. The van der Waals surface area contributed by atoms with Gasteiger partial charge in [0.05, 0.1) is 12.5 Å². The molecule has 0 saturated carbocycles. The van der Waals surface area contributed by atoms with Crippen molar-refractivity contribution in [1.82, 2.24) is 4.98 Å². The minimum atomic E-state index is -0.0743. The van der Waals surface area contributed by atoms with E-state index in [0.29, 0.717) is 12.1 Å². The van der Waals surface area contributed by atoms with Crippen molar-refractivity contribution >= 4 is 5.78 Å². The van der Waals surface area contributed by atoms with Crippen molar-refractivity contribution in [2.75, 3.05) is 0 Å². The fourth-order valence-corrected chi connectivity index (χ4v) is 0.868. The molecule has 1 heterocycles. The van der Waals surface area contributed by atoms with E-state index in [-0.39, 0.29) is 5.78 Å². The van der Waals surface area contributed by atoms with Crippen LogP contribution < -0.4 is 0 Å². The third kappa shape index (κ3) is 1.89. The predicted molar refractivity (Wildman–Crippen MR) is 43.6 cm³/mol. The second-order valence-corrected chi connectivity index (χ2v) is 2.44.